The summed E-state index contributed by atoms with van der Waals surface area (Å²) < 4.78 is 115. The van der Waals surface area contributed by atoms with Gasteiger partial charge in [0.2, 0.25) is 0 Å². The zero-order valence-corrected chi connectivity index (χ0v) is 24.3. The minimum Gasteiger partial charge on any atom is -0.0622 e. The SMILES string of the molecule is [2H]c1c([2H])c([2H])c(-c2c3c([2H])c([2H])c([2H])c([2H])c3c(-c3cccc(-c4cccc5ccc(-c6cccc7ccccc67)cc45)c3)c3c([2H])c([2H])c([2H])c([2H])c23)c([2H])c1[2H]. The molecule has 214 valence electrons. The van der Waals surface area contributed by atoms with Gasteiger partial charge in [0.1, 0.15) is 0 Å². The van der Waals surface area contributed by atoms with Gasteiger partial charge in [0.05, 0.1) is 17.8 Å². The Morgan fingerprint density at radius 1 is 0.304 bits per heavy atom. The Balaban J connectivity index is 1.41. The quantitative estimate of drug-likeness (QED) is 0.178. The Hall–Kier alpha value is -5.98. The summed E-state index contributed by atoms with van der Waals surface area (Å²) in [5.41, 5.74) is 3.35. The third-order valence-corrected chi connectivity index (χ3v) is 8.57. The van der Waals surface area contributed by atoms with Crippen LogP contribution in [0.1, 0.15) is 17.8 Å². The summed E-state index contributed by atoms with van der Waals surface area (Å²) in [6, 6.07) is 25.5. The van der Waals surface area contributed by atoms with Crippen molar-refractivity contribution >= 4 is 43.1 Å². The van der Waals surface area contributed by atoms with Crippen molar-refractivity contribution in [2.75, 3.05) is 0 Å². The monoisotopic (exact) mass is 595 g/mol. The van der Waals surface area contributed by atoms with Crippen LogP contribution in [0.5, 0.6) is 0 Å². The van der Waals surface area contributed by atoms with Crippen LogP contribution in [0.15, 0.2) is 182 Å². The van der Waals surface area contributed by atoms with Gasteiger partial charge in [0.15, 0.2) is 0 Å². The van der Waals surface area contributed by atoms with Gasteiger partial charge in [0.25, 0.3) is 0 Å². The molecule has 0 aliphatic rings. The Labute approximate surface area is 287 Å². The first-order chi connectivity index (χ1) is 28.2. The summed E-state index contributed by atoms with van der Waals surface area (Å²) in [7, 11) is 0. The molecule has 9 aromatic carbocycles. The molecule has 0 heterocycles. The van der Waals surface area contributed by atoms with E-state index in [4.69, 9.17) is 12.3 Å². The number of hydrogen-bond acceptors (Lipinski definition) is 0. The fourth-order valence-corrected chi connectivity index (χ4v) is 6.55. The Morgan fingerprint density at radius 2 is 0.804 bits per heavy atom. The minimum atomic E-state index is -0.709. The molecule has 0 bridgehead atoms. The fourth-order valence-electron chi connectivity index (χ4n) is 6.55. The van der Waals surface area contributed by atoms with E-state index in [1.54, 1.807) is 12.1 Å². The molecule has 46 heavy (non-hydrogen) atoms. The summed E-state index contributed by atoms with van der Waals surface area (Å²) >= 11 is 0. The topological polar surface area (TPSA) is 0 Å². The van der Waals surface area contributed by atoms with Gasteiger partial charge in [0, 0.05) is 0 Å². The summed E-state index contributed by atoms with van der Waals surface area (Å²) in [5.74, 6) is 0. The largest absolute Gasteiger partial charge is 0.0629 e. The molecule has 0 heteroatoms. The average Bonchev–Trinajstić information content (AvgIpc) is 3.26. The van der Waals surface area contributed by atoms with Gasteiger partial charge < -0.3 is 0 Å². The normalized spacial score (nSPS) is 15.4. The zero-order chi connectivity index (χ0) is 41.8. The summed E-state index contributed by atoms with van der Waals surface area (Å²) in [6.45, 7) is 0. The third-order valence-electron chi connectivity index (χ3n) is 8.57. The maximum Gasteiger partial charge on any atom is 0.0629 e. The van der Waals surface area contributed by atoms with Gasteiger partial charge in [-0.05, 0) is 99.7 Å². The van der Waals surface area contributed by atoms with Crippen LogP contribution in [-0.2, 0) is 0 Å². The molecule has 9 rings (SSSR count). The van der Waals surface area contributed by atoms with Crippen LogP contribution < -0.4 is 0 Å². The van der Waals surface area contributed by atoms with Gasteiger partial charge in [-0.15, -0.1) is 0 Å². The van der Waals surface area contributed by atoms with E-state index < -0.39 is 84.1 Å². The molecule has 0 unspecified atom stereocenters. The molecule has 0 fully saturated rings. The van der Waals surface area contributed by atoms with Gasteiger partial charge in [-0.1, -0.05) is 170 Å². The molecule has 0 radical (unpaired) electrons. The summed E-state index contributed by atoms with van der Waals surface area (Å²) in [5, 5.41) is 3.40. The van der Waals surface area contributed by atoms with E-state index in [1.807, 2.05) is 48.5 Å². The van der Waals surface area contributed by atoms with Gasteiger partial charge >= 0.3 is 0 Å². The lowest BCUT2D eigenvalue weighted by Gasteiger charge is -2.18. The smallest absolute Gasteiger partial charge is 0.0622 e. The molecule has 0 N–H and O–H groups in total. The second kappa shape index (κ2) is 10.9. The first kappa shape index (κ1) is 16.4. The Morgan fingerprint density at radius 3 is 1.50 bits per heavy atom. The van der Waals surface area contributed by atoms with Crippen LogP contribution in [0.4, 0.5) is 0 Å². The van der Waals surface area contributed by atoms with Crippen molar-refractivity contribution in [1.82, 2.24) is 0 Å². The fraction of sp³-hybridized carbons (Fsp3) is 0. The molecule has 0 aromatic heterocycles. The van der Waals surface area contributed by atoms with Crippen molar-refractivity contribution in [3.8, 4) is 44.5 Å². The highest BCUT2D eigenvalue weighted by atomic mass is 14.2. The van der Waals surface area contributed by atoms with E-state index in [9.17, 15) is 5.48 Å². The van der Waals surface area contributed by atoms with Crippen LogP contribution in [0, 0.1) is 0 Å². The lowest BCUT2D eigenvalue weighted by atomic mass is 9.85. The van der Waals surface area contributed by atoms with Gasteiger partial charge in [-0.2, -0.15) is 0 Å². The molecule has 0 atom stereocenters. The van der Waals surface area contributed by atoms with E-state index in [-0.39, 0.29) is 32.7 Å². The molecular weight excluding hydrogens is 553 g/mol. The first-order valence-corrected chi connectivity index (χ1v) is 14.9. The number of hydrogen-bond donors (Lipinski definition) is 0. The van der Waals surface area contributed by atoms with Crippen LogP contribution in [-0.4, -0.2) is 0 Å². The van der Waals surface area contributed by atoms with E-state index in [0.717, 1.165) is 43.8 Å². The van der Waals surface area contributed by atoms with Crippen molar-refractivity contribution in [1.29, 1.82) is 0 Å². The third kappa shape index (κ3) is 4.30. The maximum atomic E-state index is 9.30. The minimum absolute atomic E-state index is 0.0867. The van der Waals surface area contributed by atoms with Crippen molar-refractivity contribution in [3.05, 3.63) is 182 Å². The highest BCUT2D eigenvalue weighted by Crippen LogP contribution is 2.44. The molecule has 0 saturated carbocycles. The predicted molar refractivity (Wildman–Crippen MR) is 198 cm³/mol. The average molecular weight is 596 g/mol. The van der Waals surface area contributed by atoms with Crippen LogP contribution in [0.2, 0.25) is 0 Å². The first-order valence-electron chi connectivity index (χ1n) is 21.4. The second-order valence-electron chi connectivity index (χ2n) is 11.1. The van der Waals surface area contributed by atoms with Crippen LogP contribution >= 0.6 is 0 Å². The maximum absolute atomic E-state index is 9.30. The van der Waals surface area contributed by atoms with E-state index in [2.05, 4.69) is 42.5 Å². The second-order valence-corrected chi connectivity index (χ2v) is 11.1. The van der Waals surface area contributed by atoms with Crippen molar-refractivity contribution in [2.24, 2.45) is 0 Å². The van der Waals surface area contributed by atoms with E-state index >= 15 is 0 Å². The number of rotatable bonds is 4. The van der Waals surface area contributed by atoms with Gasteiger partial charge in [-0.3, -0.25) is 0 Å². The molecule has 0 spiro atoms. The number of fused-ring (bicyclic) bond motifs is 4. The molecule has 0 saturated heterocycles. The molecule has 0 aliphatic heterocycles. The Bertz CT molecular complexity index is 3200. The van der Waals surface area contributed by atoms with Crippen LogP contribution in [0.25, 0.3) is 87.6 Å². The highest BCUT2D eigenvalue weighted by molar-refractivity contribution is 6.21. The lowest BCUT2D eigenvalue weighted by Crippen LogP contribution is -1.91. The molecule has 0 amide bonds. The Kier molecular flexibility index (Phi) is 3.87. The van der Waals surface area contributed by atoms with Crippen molar-refractivity contribution in [2.45, 2.75) is 0 Å². The highest BCUT2D eigenvalue weighted by Gasteiger charge is 2.17. The van der Waals surface area contributed by atoms with Crippen molar-refractivity contribution in [3.63, 3.8) is 0 Å². The summed E-state index contributed by atoms with van der Waals surface area (Å²) in [6.07, 6.45) is 0. The molecule has 0 aliphatic carbocycles. The predicted octanol–water partition coefficient (Wildman–Crippen LogP) is 13.0. The molecule has 0 nitrogen and oxygen atoms in total. The molecule has 9 aromatic rings. The van der Waals surface area contributed by atoms with E-state index in [1.165, 1.54) is 0 Å². The lowest BCUT2D eigenvalue weighted by molar-refractivity contribution is 1.62. The van der Waals surface area contributed by atoms with Crippen molar-refractivity contribution < 1.29 is 17.8 Å². The standard InChI is InChI=1S/C46H30/c1-2-14-33(15-3-1)45-40-21-6-8-23-42(40)46(43-24-9-7-22-41(43)45)36-19-10-18-34(29-36)39-26-12-17-32-27-28-35(30-44(32)39)38-25-11-16-31-13-4-5-20-37(31)38/h1-30H/i1D,2D,3D,6D,7D,8D,9D,14D,15D,21D,22D,23D,24D. The number of benzene rings is 9. The zero-order valence-electron chi connectivity index (χ0n) is 37.3. The van der Waals surface area contributed by atoms with Crippen LogP contribution in [0.3, 0.4) is 0 Å². The molecular formula is C46H30. The van der Waals surface area contributed by atoms with E-state index in [0.29, 0.717) is 5.56 Å². The summed E-state index contributed by atoms with van der Waals surface area (Å²) in [4.78, 5) is 0. The van der Waals surface area contributed by atoms with Gasteiger partial charge in [-0.25, -0.2) is 0 Å².